The van der Waals surface area contributed by atoms with E-state index in [9.17, 15) is 9.59 Å². The highest BCUT2D eigenvalue weighted by molar-refractivity contribution is 5.88. The van der Waals surface area contributed by atoms with Crippen LogP contribution in [0.1, 0.15) is 27.2 Å². The molecule has 7 heteroatoms. The molecule has 0 spiro atoms. The molecule has 1 aromatic heterocycles. The van der Waals surface area contributed by atoms with E-state index >= 15 is 0 Å². The molecule has 1 rings (SSSR count). The van der Waals surface area contributed by atoms with Gasteiger partial charge in [0.05, 0.1) is 18.2 Å². The van der Waals surface area contributed by atoms with Crippen molar-refractivity contribution in [2.75, 3.05) is 11.9 Å². The molecule has 0 atom stereocenters. The molecule has 1 heterocycles. The number of carbonyl (C=O) groups is 2. The number of amides is 2. The minimum absolute atomic E-state index is 0.0881. The van der Waals surface area contributed by atoms with E-state index in [-0.39, 0.29) is 18.5 Å². The van der Waals surface area contributed by atoms with E-state index in [0.717, 1.165) is 0 Å². The van der Waals surface area contributed by atoms with Crippen molar-refractivity contribution in [3.05, 3.63) is 12.3 Å². The number of carbonyl (C=O) groups excluding carboxylic acids is 1. The summed E-state index contributed by atoms with van der Waals surface area (Å²) in [6, 6.07) is 1.24. The number of rotatable bonds is 4. The molecule has 18 heavy (non-hydrogen) atoms. The number of aliphatic carboxylic acids is 1. The van der Waals surface area contributed by atoms with Crippen LogP contribution in [0, 0.1) is 0 Å². The van der Waals surface area contributed by atoms with E-state index in [1.807, 2.05) is 20.8 Å². The molecule has 3 N–H and O–H groups in total. The highest BCUT2D eigenvalue weighted by Gasteiger charge is 2.18. The van der Waals surface area contributed by atoms with Gasteiger partial charge in [0.25, 0.3) is 0 Å². The summed E-state index contributed by atoms with van der Waals surface area (Å²) >= 11 is 0. The Morgan fingerprint density at radius 1 is 1.44 bits per heavy atom. The molecule has 1 aromatic rings. The Balaban J connectivity index is 2.55. The summed E-state index contributed by atoms with van der Waals surface area (Å²) in [5.41, 5.74) is -0.243. The maximum atomic E-state index is 11.5. The van der Waals surface area contributed by atoms with Crippen LogP contribution in [0.2, 0.25) is 0 Å². The zero-order valence-electron chi connectivity index (χ0n) is 10.7. The second-order valence-corrected chi connectivity index (χ2v) is 4.82. The number of nitrogens with zero attached hydrogens (tertiary/aromatic N) is 2. The number of nitrogens with one attached hydrogen (secondary N) is 2. The van der Waals surface area contributed by atoms with Crippen LogP contribution in [0.15, 0.2) is 12.3 Å². The van der Waals surface area contributed by atoms with Gasteiger partial charge in [0, 0.05) is 12.6 Å². The highest BCUT2D eigenvalue weighted by atomic mass is 16.4. The molecule has 0 saturated carbocycles. The fraction of sp³-hybridized carbons (Fsp3) is 0.545. The summed E-state index contributed by atoms with van der Waals surface area (Å²) in [6.45, 7) is 5.99. The molecule has 2 amide bonds. The summed E-state index contributed by atoms with van der Waals surface area (Å²) in [6.07, 6.45) is 1.49. The Hall–Kier alpha value is -2.05. The lowest BCUT2D eigenvalue weighted by atomic mass is 10.1. The standard InChI is InChI=1S/C11H18N4O3/c1-11(2,3)15-8(4-7-13-15)14-10(18)12-6-5-9(16)17/h4,7H,5-6H2,1-3H3,(H,16,17)(H2,12,14,18). The molecule has 0 bridgehead atoms. The molecule has 0 fully saturated rings. The van der Waals surface area contributed by atoms with E-state index in [4.69, 9.17) is 5.11 Å². The van der Waals surface area contributed by atoms with E-state index in [0.29, 0.717) is 5.82 Å². The van der Waals surface area contributed by atoms with Crippen LogP contribution in [0.4, 0.5) is 10.6 Å². The van der Waals surface area contributed by atoms with Gasteiger partial charge in [-0.25, -0.2) is 9.48 Å². The lowest BCUT2D eigenvalue weighted by molar-refractivity contribution is -0.136. The van der Waals surface area contributed by atoms with Crippen LogP contribution in [0.3, 0.4) is 0 Å². The highest BCUT2D eigenvalue weighted by Crippen LogP contribution is 2.18. The van der Waals surface area contributed by atoms with E-state index in [2.05, 4.69) is 15.7 Å². The van der Waals surface area contributed by atoms with E-state index in [1.54, 1.807) is 16.9 Å². The first-order valence-corrected chi connectivity index (χ1v) is 5.62. The number of anilines is 1. The van der Waals surface area contributed by atoms with Crippen LogP contribution in [-0.2, 0) is 10.3 Å². The Kier molecular flexibility index (Phi) is 4.30. The monoisotopic (exact) mass is 254 g/mol. The normalized spacial score (nSPS) is 11.1. The van der Waals surface area contributed by atoms with Crippen molar-refractivity contribution in [2.24, 2.45) is 0 Å². The summed E-state index contributed by atoms with van der Waals surface area (Å²) in [5.74, 6) is -0.384. The van der Waals surface area contributed by atoms with Gasteiger partial charge in [-0.2, -0.15) is 5.10 Å². The minimum atomic E-state index is -0.949. The van der Waals surface area contributed by atoms with Crippen LogP contribution in [-0.4, -0.2) is 33.4 Å². The molecule has 0 aliphatic heterocycles. The number of carboxylic acids is 1. The van der Waals surface area contributed by atoms with Gasteiger partial charge in [-0.3, -0.25) is 10.1 Å². The molecule has 0 radical (unpaired) electrons. The topological polar surface area (TPSA) is 96.3 Å². The maximum Gasteiger partial charge on any atom is 0.320 e. The zero-order chi connectivity index (χ0) is 13.8. The van der Waals surface area contributed by atoms with Crippen LogP contribution >= 0.6 is 0 Å². The Morgan fingerprint density at radius 2 is 2.11 bits per heavy atom. The molecule has 0 saturated heterocycles. The molecule has 7 nitrogen and oxygen atoms in total. The van der Waals surface area contributed by atoms with Crippen molar-refractivity contribution < 1.29 is 14.7 Å². The fourth-order valence-electron chi connectivity index (χ4n) is 1.38. The lowest BCUT2D eigenvalue weighted by Crippen LogP contribution is -2.33. The average molecular weight is 254 g/mol. The lowest BCUT2D eigenvalue weighted by Gasteiger charge is -2.22. The van der Waals surface area contributed by atoms with Gasteiger partial charge in [-0.05, 0) is 20.8 Å². The van der Waals surface area contributed by atoms with E-state index in [1.165, 1.54) is 0 Å². The second kappa shape index (κ2) is 5.52. The first-order valence-electron chi connectivity index (χ1n) is 5.62. The Morgan fingerprint density at radius 3 is 2.67 bits per heavy atom. The predicted molar refractivity (Wildman–Crippen MR) is 66.5 cm³/mol. The molecular formula is C11H18N4O3. The summed E-state index contributed by atoms with van der Waals surface area (Å²) in [5, 5.41) is 17.7. The van der Waals surface area contributed by atoms with Gasteiger partial charge in [0.15, 0.2) is 0 Å². The van der Waals surface area contributed by atoms with Crippen molar-refractivity contribution in [3.63, 3.8) is 0 Å². The Labute approximate surface area is 105 Å². The zero-order valence-corrected chi connectivity index (χ0v) is 10.7. The van der Waals surface area contributed by atoms with Crippen molar-refractivity contribution in [3.8, 4) is 0 Å². The van der Waals surface area contributed by atoms with Crippen LogP contribution in [0.5, 0.6) is 0 Å². The number of urea groups is 1. The third-order valence-corrected chi connectivity index (χ3v) is 2.14. The summed E-state index contributed by atoms with van der Waals surface area (Å²) in [7, 11) is 0. The predicted octanol–water partition coefficient (Wildman–Crippen LogP) is 1.23. The van der Waals surface area contributed by atoms with Crippen LogP contribution < -0.4 is 10.6 Å². The maximum absolute atomic E-state index is 11.5. The van der Waals surface area contributed by atoms with Crippen molar-refractivity contribution in [1.29, 1.82) is 0 Å². The van der Waals surface area contributed by atoms with Crippen molar-refractivity contribution in [2.45, 2.75) is 32.7 Å². The fourth-order valence-corrected chi connectivity index (χ4v) is 1.38. The first kappa shape index (κ1) is 14.0. The number of carboxylic acid groups (broad SMARTS) is 1. The van der Waals surface area contributed by atoms with Gasteiger partial charge < -0.3 is 10.4 Å². The minimum Gasteiger partial charge on any atom is -0.481 e. The molecule has 0 aliphatic carbocycles. The molecule has 0 aliphatic rings. The van der Waals surface area contributed by atoms with Gasteiger partial charge in [0.2, 0.25) is 0 Å². The van der Waals surface area contributed by atoms with Gasteiger partial charge in [-0.1, -0.05) is 0 Å². The van der Waals surface area contributed by atoms with E-state index < -0.39 is 12.0 Å². The number of hydrogen-bond donors (Lipinski definition) is 3. The largest absolute Gasteiger partial charge is 0.481 e. The smallest absolute Gasteiger partial charge is 0.320 e. The molecule has 0 aromatic carbocycles. The van der Waals surface area contributed by atoms with Gasteiger partial charge >= 0.3 is 12.0 Å². The number of aromatic nitrogens is 2. The van der Waals surface area contributed by atoms with Crippen molar-refractivity contribution in [1.82, 2.24) is 15.1 Å². The SMILES string of the molecule is CC(C)(C)n1nccc1NC(=O)NCCC(=O)O. The quantitative estimate of drug-likeness (QED) is 0.753. The Bertz CT molecular complexity index is 434. The van der Waals surface area contributed by atoms with Gasteiger partial charge in [0.1, 0.15) is 5.82 Å². The first-order chi connectivity index (χ1) is 8.30. The summed E-state index contributed by atoms with van der Waals surface area (Å²) < 4.78 is 1.68. The molecular weight excluding hydrogens is 236 g/mol. The van der Waals surface area contributed by atoms with Crippen molar-refractivity contribution >= 4 is 17.8 Å². The average Bonchev–Trinajstić information content (AvgIpc) is 2.64. The van der Waals surface area contributed by atoms with Gasteiger partial charge in [-0.15, -0.1) is 0 Å². The second-order valence-electron chi connectivity index (χ2n) is 4.82. The summed E-state index contributed by atoms with van der Waals surface area (Å²) in [4.78, 5) is 21.8. The number of hydrogen-bond acceptors (Lipinski definition) is 3. The van der Waals surface area contributed by atoms with Crippen LogP contribution in [0.25, 0.3) is 0 Å². The molecule has 100 valence electrons. The third kappa shape index (κ3) is 4.08. The third-order valence-electron chi connectivity index (χ3n) is 2.14. The molecule has 0 unspecified atom stereocenters.